The average molecular weight is 464 g/mol. The van der Waals surface area contributed by atoms with Crippen molar-refractivity contribution in [2.45, 2.75) is 12.5 Å². The van der Waals surface area contributed by atoms with Gasteiger partial charge in [-0.15, -0.1) is 0 Å². The van der Waals surface area contributed by atoms with Crippen LogP contribution in [0.15, 0.2) is 42.7 Å². The number of rotatable bonds is 7. The number of halogens is 1. The van der Waals surface area contributed by atoms with Gasteiger partial charge in [-0.25, -0.2) is 19.3 Å². The summed E-state index contributed by atoms with van der Waals surface area (Å²) in [7, 11) is 3.92. The number of ether oxygens (including phenoxy) is 1. The SMILES string of the molecule is CN(C)CC=CC(=O)N1CCC(Nc2ncnc3nc(C#CCOc4ccc(F)cc4)[nH]c23)C1. The molecule has 176 valence electrons. The highest BCUT2D eigenvalue weighted by Crippen LogP contribution is 2.20. The van der Waals surface area contributed by atoms with E-state index in [2.05, 4.69) is 37.1 Å². The number of likely N-dealkylation sites (N-methyl/N-ethyl adjacent to an activating group) is 1. The Bertz CT molecular complexity index is 1230. The van der Waals surface area contributed by atoms with E-state index in [4.69, 9.17) is 4.74 Å². The molecule has 0 bridgehead atoms. The van der Waals surface area contributed by atoms with Crippen LogP contribution in [0.5, 0.6) is 5.75 Å². The first-order chi connectivity index (χ1) is 16.5. The van der Waals surface area contributed by atoms with Crippen molar-refractivity contribution in [3.8, 4) is 17.6 Å². The van der Waals surface area contributed by atoms with Gasteiger partial charge >= 0.3 is 0 Å². The smallest absolute Gasteiger partial charge is 0.246 e. The molecule has 1 unspecified atom stereocenters. The zero-order valence-corrected chi connectivity index (χ0v) is 19.1. The standard InChI is InChI=1S/C24H26FN7O2/c1-31(2)12-3-6-21(33)32-13-11-18(15-32)28-23-22-24(27-16-26-23)30-20(29-22)5-4-14-34-19-9-7-17(25)8-10-19/h3,6-10,16,18H,11-15H2,1-2H3,(H2,26,27,28,29,30). The van der Waals surface area contributed by atoms with Gasteiger partial charge in [-0.05, 0) is 50.7 Å². The van der Waals surface area contributed by atoms with E-state index in [1.54, 1.807) is 18.2 Å². The molecule has 2 N–H and O–H groups in total. The van der Waals surface area contributed by atoms with E-state index < -0.39 is 0 Å². The third kappa shape index (κ3) is 6.08. The number of carbonyl (C=O) groups is 1. The number of likely N-dealkylation sites (tertiary alicyclic amines) is 1. The van der Waals surface area contributed by atoms with Crippen LogP contribution in [0.3, 0.4) is 0 Å². The molecule has 1 saturated heterocycles. The number of H-pyrrole nitrogens is 1. The van der Waals surface area contributed by atoms with E-state index >= 15 is 0 Å². The van der Waals surface area contributed by atoms with Gasteiger partial charge < -0.3 is 24.8 Å². The molecular weight excluding hydrogens is 437 g/mol. The summed E-state index contributed by atoms with van der Waals surface area (Å²) in [5.74, 6) is 7.08. The quantitative estimate of drug-likeness (QED) is 0.409. The number of nitrogens with zero attached hydrogens (tertiary/aromatic N) is 5. The Hall–Kier alpha value is -3.97. The number of aromatic amines is 1. The molecule has 0 aliphatic carbocycles. The largest absolute Gasteiger partial charge is 0.481 e. The molecule has 0 saturated carbocycles. The Morgan fingerprint density at radius 2 is 2.18 bits per heavy atom. The van der Waals surface area contributed by atoms with Gasteiger partial charge in [0.1, 0.15) is 30.0 Å². The lowest BCUT2D eigenvalue weighted by molar-refractivity contribution is -0.125. The molecule has 9 nitrogen and oxygen atoms in total. The first-order valence-electron chi connectivity index (χ1n) is 10.9. The van der Waals surface area contributed by atoms with Gasteiger partial charge in [0.15, 0.2) is 17.3 Å². The molecule has 4 rings (SSSR count). The van der Waals surface area contributed by atoms with Crippen LogP contribution in [-0.4, -0.2) is 82.0 Å². The average Bonchev–Trinajstić information content (AvgIpc) is 3.45. The summed E-state index contributed by atoms with van der Waals surface area (Å²) < 4.78 is 18.4. The number of carbonyl (C=O) groups excluding carboxylic acids is 1. The van der Waals surface area contributed by atoms with Gasteiger partial charge in [-0.3, -0.25) is 4.79 Å². The lowest BCUT2D eigenvalue weighted by Gasteiger charge is -2.16. The molecule has 1 amide bonds. The van der Waals surface area contributed by atoms with Gasteiger partial charge in [-0.2, -0.15) is 0 Å². The van der Waals surface area contributed by atoms with Crippen LogP contribution in [-0.2, 0) is 4.79 Å². The maximum atomic E-state index is 12.9. The fraction of sp³-hybridized carbons (Fsp3) is 0.333. The first kappa shape index (κ1) is 23.2. The van der Waals surface area contributed by atoms with E-state index in [-0.39, 0.29) is 24.4 Å². The maximum absolute atomic E-state index is 12.9. The van der Waals surface area contributed by atoms with E-state index in [0.29, 0.717) is 41.6 Å². The highest BCUT2D eigenvalue weighted by atomic mass is 19.1. The zero-order chi connectivity index (χ0) is 23.9. The van der Waals surface area contributed by atoms with Gasteiger partial charge in [0.2, 0.25) is 5.91 Å². The fourth-order valence-corrected chi connectivity index (χ4v) is 3.51. The minimum absolute atomic E-state index is 0.0148. The minimum Gasteiger partial charge on any atom is -0.481 e. The van der Waals surface area contributed by atoms with Crippen molar-refractivity contribution in [2.75, 3.05) is 45.7 Å². The molecule has 3 aromatic rings. The molecule has 0 radical (unpaired) electrons. The van der Waals surface area contributed by atoms with Gasteiger partial charge in [0, 0.05) is 31.8 Å². The topological polar surface area (TPSA) is 99.3 Å². The summed E-state index contributed by atoms with van der Waals surface area (Å²) >= 11 is 0. The van der Waals surface area contributed by atoms with Crippen LogP contribution in [0.2, 0.25) is 0 Å². The molecule has 34 heavy (non-hydrogen) atoms. The number of aromatic nitrogens is 4. The third-order valence-corrected chi connectivity index (χ3v) is 5.19. The number of amides is 1. The van der Waals surface area contributed by atoms with Crippen molar-refractivity contribution in [2.24, 2.45) is 0 Å². The van der Waals surface area contributed by atoms with Crippen molar-refractivity contribution in [1.82, 2.24) is 29.7 Å². The van der Waals surface area contributed by atoms with Crippen LogP contribution >= 0.6 is 0 Å². The van der Waals surface area contributed by atoms with Crippen LogP contribution < -0.4 is 10.1 Å². The molecule has 0 spiro atoms. The number of hydrogen-bond acceptors (Lipinski definition) is 7. The number of imidazole rings is 1. The summed E-state index contributed by atoms with van der Waals surface area (Å²) in [6, 6.07) is 5.83. The Balaban J connectivity index is 1.36. The Morgan fingerprint density at radius 1 is 1.35 bits per heavy atom. The van der Waals surface area contributed by atoms with Crippen LogP contribution in [0, 0.1) is 17.7 Å². The molecule has 3 heterocycles. The van der Waals surface area contributed by atoms with E-state index in [1.807, 2.05) is 30.0 Å². The second kappa shape index (κ2) is 10.8. The highest BCUT2D eigenvalue weighted by Gasteiger charge is 2.26. The molecule has 1 aromatic carbocycles. The Morgan fingerprint density at radius 3 is 2.97 bits per heavy atom. The molecular formula is C24H26FN7O2. The van der Waals surface area contributed by atoms with Crippen molar-refractivity contribution in [3.05, 3.63) is 54.4 Å². The fourth-order valence-electron chi connectivity index (χ4n) is 3.51. The van der Waals surface area contributed by atoms with Gasteiger partial charge in [0.05, 0.1) is 0 Å². The third-order valence-electron chi connectivity index (χ3n) is 5.19. The normalized spacial score (nSPS) is 15.6. The molecule has 1 atom stereocenters. The van der Waals surface area contributed by atoms with Crippen molar-refractivity contribution in [3.63, 3.8) is 0 Å². The summed E-state index contributed by atoms with van der Waals surface area (Å²) in [4.78, 5) is 32.3. The zero-order valence-electron chi connectivity index (χ0n) is 19.1. The lowest BCUT2D eigenvalue weighted by Crippen LogP contribution is -2.30. The van der Waals surface area contributed by atoms with Crippen LogP contribution in [0.1, 0.15) is 12.2 Å². The van der Waals surface area contributed by atoms with Gasteiger partial charge in [0.25, 0.3) is 0 Å². The highest BCUT2D eigenvalue weighted by molar-refractivity contribution is 5.88. The van der Waals surface area contributed by atoms with Crippen molar-refractivity contribution in [1.29, 1.82) is 0 Å². The van der Waals surface area contributed by atoms with Crippen molar-refractivity contribution >= 4 is 22.9 Å². The molecule has 1 fully saturated rings. The predicted molar refractivity (Wildman–Crippen MR) is 127 cm³/mol. The summed E-state index contributed by atoms with van der Waals surface area (Å²) in [6.45, 7) is 2.14. The minimum atomic E-state index is -0.319. The van der Waals surface area contributed by atoms with Crippen molar-refractivity contribution < 1.29 is 13.9 Å². The van der Waals surface area contributed by atoms with E-state index in [9.17, 15) is 9.18 Å². The molecule has 1 aliphatic heterocycles. The van der Waals surface area contributed by atoms with Gasteiger partial charge in [-0.1, -0.05) is 12.0 Å². The van der Waals surface area contributed by atoms with E-state index in [0.717, 1.165) is 13.0 Å². The number of anilines is 1. The number of nitrogens with one attached hydrogen (secondary N) is 2. The second-order valence-corrected chi connectivity index (χ2v) is 8.13. The number of benzene rings is 1. The maximum Gasteiger partial charge on any atom is 0.246 e. The number of fused-ring (bicyclic) bond motifs is 1. The summed E-state index contributed by atoms with van der Waals surface area (Å²) in [5, 5.41) is 3.40. The van der Waals surface area contributed by atoms with E-state index in [1.165, 1.54) is 18.5 Å². The number of hydrogen-bond donors (Lipinski definition) is 2. The Labute approximate surface area is 197 Å². The summed E-state index contributed by atoms with van der Waals surface area (Å²) in [6.07, 6.45) is 5.77. The molecule has 1 aliphatic rings. The lowest BCUT2D eigenvalue weighted by atomic mass is 10.2. The molecule has 2 aromatic heterocycles. The second-order valence-electron chi connectivity index (χ2n) is 8.13. The van der Waals surface area contributed by atoms with Crippen LogP contribution in [0.25, 0.3) is 11.2 Å². The summed E-state index contributed by atoms with van der Waals surface area (Å²) in [5.41, 5.74) is 1.15. The molecule has 10 heteroatoms. The first-order valence-corrected chi connectivity index (χ1v) is 10.9. The monoisotopic (exact) mass is 463 g/mol. The van der Waals surface area contributed by atoms with Crippen LogP contribution in [0.4, 0.5) is 10.2 Å². The Kier molecular flexibility index (Phi) is 7.34. The predicted octanol–water partition coefficient (Wildman–Crippen LogP) is 2.05.